The fraction of sp³-hybridized carbons (Fsp3) is 0.500. The molecule has 1 heterocycles. The van der Waals surface area contributed by atoms with Crippen molar-refractivity contribution in [2.75, 3.05) is 0 Å². The predicted octanol–water partition coefficient (Wildman–Crippen LogP) is 7.05. The first-order valence-electron chi connectivity index (χ1n) is 13.5. The molecule has 0 radical (unpaired) electrons. The van der Waals surface area contributed by atoms with Gasteiger partial charge in [-0.2, -0.15) is 5.10 Å². The van der Waals surface area contributed by atoms with Gasteiger partial charge in [-0.3, -0.25) is 4.79 Å². The SMILES string of the molecule is CCCC1=C2CCC3C(=CCCC3C(=O)OC(=O)O)C2(C)Cc2c(CCC)nn(-c3ccc(F)cc3)c21. The Morgan fingerprint density at radius 2 is 1.89 bits per heavy atom. The van der Waals surface area contributed by atoms with E-state index >= 15 is 0 Å². The van der Waals surface area contributed by atoms with Crippen LogP contribution in [-0.2, 0) is 22.4 Å². The van der Waals surface area contributed by atoms with Gasteiger partial charge in [-0.1, -0.05) is 50.8 Å². The fourth-order valence-corrected chi connectivity index (χ4v) is 7.08. The molecule has 7 heteroatoms. The van der Waals surface area contributed by atoms with Crippen LogP contribution in [0.25, 0.3) is 11.3 Å². The molecule has 3 unspecified atom stereocenters. The number of ether oxygens (including phenoxy) is 1. The molecule has 3 atom stereocenters. The number of hydrogen-bond acceptors (Lipinski definition) is 4. The van der Waals surface area contributed by atoms with Crippen molar-refractivity contribution in [1.29, 1.82) is 0 Å². The number of aromatic nitrogens is 2. The van der Waals surface area contributed by atoms with Crippen molar-refractivity contribution in [1.82, 2.24) is 9.78 Å². The van der Waals surface area contributed by atoms with E-state index < -0.39 is 18.0 Å². The van der Waals surface area contributed by atoms with Crippen molar-refractivity contribution in [3.63, 3.8) is 0 Å². The van der Waals surface area contributed by atoms with E-state index in [2.05, 4.69) is 31.6 Å². The summed E-state index contributed by atoms with van der Waals surface area (Å²) in [7, 11) is 0. The molecule has 2 aromatic rings. The second kappa shape index (κ2) is 9.92. The van der Waals surface area contributed by atoms with Gasteiger partial charge >= 0.3 is 12.1 Å². The lowest BCUT2D eigenvalue weighted by Crippen LogP contribution is -2.42. The standard InChI is InChI=1S/C30H35FN2O4/c1-4-7-22-25-16-15-20-21(28(34)37-29(35)36)9-6-10-24(20)30(25,3)17-23-26(8-5-2)32-33(27(22)23)19-13-11-18(31)12-14-19/h10-14,20-21H,4-9,15-17H2,1-3H3,(H,35,36). The summed E-state index contributed by atoms with van der Waals surface area (Å²) in [5.74, 6) is -1.33. The molecule has 37 heavy (non-hydrogen) atoms. The first-order chi connectivity index (χ1) is 17.8. The Hall–Kier alpha value is -3.22. The number of aryl methyl sites for hydroxylation is 1. The maximum Gasteiger partial charge on any atom is 0.513 e. The number of nitrogens with zero attached hydrogens (tertiary/aromatic N) is 2. The molecule has 6 nitrogen and oxygen atoms in total. The van der Waals surface area contributed by atoms with E-state index in [0.717, 1.165) is 68.4 Å². The van der Waals surface area contributed by atoms with Crippen LogP contribution in [0.4, 0.5) is 9.18 Å². The van der Waals surface area contributed by atoms with Crippen LogP contribution in [0, 0.1) is 23.1 Å². The van der Waals surface area contributed by atoms with E-state index in [1.165, 1.54) is 34.4 Å². The number of carboxylic acid groups (broad SMARTS) is 1. The summed E-state index contributed by atoms with van der Waals surface area (Å²) in [4.78, 5) is 23.8. The first kappa shape index (κ1) is 25.4. The third-order valence-electron chi connectivity index (χ3n) is 8.53. The zero-order valence-electron chi connectivity index (χ0n) is 21.8. The number of benzene rings is 1. The molecule has 3 aliphatic carbocycles. The van der Waals surface area contributed by atoms with Gasteiger partial charge < -0.3 is 9.84 Å². The van der Waals surface area contributed by atoms with Crippen LogP contribution in [-0.4, -0.2) is 27.0 Å². The predicted molar refractivity (Wildman–Crippen MR) is 139 cm³/mol. The smallest absolute Gasteiger partial charge is 0.449 e. The van der Waals surface area contributed by atoms with Gasteiger partial charge in [-0.25, -0.2) is 13.9 Å². The van der Waals surface area contributed by atoms with Crippen LogP contribution < -0.4 is 0 Å². The average molecular weight is 507 g/mol. The molecule has 3 aliphatic rings. The molecular formula is C30H35FN2O4. The highest BCUT2D eigenvalue weighted by Gasteiger charge is 2.50. The maximum absolute atomic E-state index is 13.7. The Labute approximate surface area is 217 Å². The van der Waals surface area contributed by atoms with E-state index in [4.69, 9.17) is 10.2 Å². The average Bonchev–Trinajstić information content (AvgIpc) is 3.21. The number of carbonyl (C=O) groups is 2. The molecule has 1 aromatic carbocycles. The molecule has 5 rings (SSSR count). The molecule has 0 saturated heterocycles. The van der Waals surface area contributed by atoms with E-state index in [9.17, 15) is 14.0 Å². The number of allylic oxidation sites excluding steroid dienone is 4. The third-order valence-corrected chi connectivity index (χ3v) is 8.53. The zero-order chi connectivity index (χ0) is 26.3. The molecular weight excluding hydrogens is 471 g/mol. The number of carbonyl (C=O) groups excluding carboxylic acids is 1. The Kier molecular flexibility index (Phi) is 6.82. The molecule has 0 amide bonds. The van der Waals surface area contributed by atoms with E-state index in [0.29, 0.717) is 6.42 Å². The van der Waals surface area contributed by atoms with Crippen LogP contribution in [0.3, 0.4) is 0 Å². The third kappa shape index (κ3) is 4.32. The number of hydrogen-bond donors (Lipinski definition) is 1. The summed E-state index contributed by atoms with van der Waals surface area (Å²) in [5.41, 5.74) is 8.07. The summed E-state index contributed by atoms with van der Waals surface area (Å²) < 4.78 is 20.4. The van der Waals surface area contributed by atoms with Gasteiger partial charge in [0.05, 0.1) is 23.0 Å². The normalized spacial score (nSPS) is 24.6. The van der Waals surface area contributed by atoms with Crippen LogP contribution in [0.1, 0.15) is 82.7 Å². The van der Waals surface area contributed by atoms with Crippen LogP contribution in [0.2, 0.25) is 0 Å². The number of esters is 1. The maximum atomic E-state index is 13.7. The monoisotopic (exact) mass is 506 g/mol. The highest BCUT2D eigenvalue weighted by atomic mass is 19.1. The molecule has 1 fully saturated rings. The Bertz CT molecular complexity index is 1290. The summed E-state index contributed by atoms with van der Waals surface area (Å²) in [6.45, 7) is 6.64. The lowest BCUT2D eigenvalue weighted by molar-refractivity contribution is -0.146. The van der Waals surface area contributed by atoms with Crippen molar-refractivity contribution in [2.24, 2.45) is 17.3 Å². The Morgan fingerprint density at radius 3 is 2.57 bits per heavy atom. The van der Waals surface area contributed by atoms with E-state index in [-0.39, 0.29) is 17.2 Å². The van der Waals surface area contributed by atoms with Gasteiger partial charge in [0.15, 0.2) is 0 Å². The molecule has 0 spiro atoms. The highest BCUT2D eigenvalue weighted by Crippen LogP contribution is 2.59. The van der Waals surface area contributed by atoms with Gasteiger partial charge in [-0.15, -0.1) is 0 Å². The van der Waals surface area contributed by atoms with Gasteiger partial charge in [-0.05, 0) is 80.7 Å². The van der Waals surface area contributed by atoms with Crippen molar-refractivity contribution < 1.29 is 23.8 Å². The summed E-state index contributed by atoms with van der Waals surface area (Å²) in [5, 5.41) is 14.1. The Morgan fingerprint density at radius 1 is 1.16 bits per heavy atom. The topological polar surface area (TPSA) is 81.4 Å². The van der Waals surface area contributed by atoms with Crippen molar-refractivity contribution in [3.05, 3.63) is 64.3 Å². The molecule has 196 valence electrons. The largest absolute Gasteiger partial charge is 0.513 e. The van der Waals surface area contributed by atoms with Gasteiger partial charge in [0.2, 0.25) is 0 Å². The molecule has 1 aromatic heterocycles. The minimum absolute atomic E-state index is 0.0134. The lowest BCUT2D eigenvalue weighted by Gasteiger charge is -2.50. The number of rotatable bonds is 6. The second-order valence-electron chi connectivity index (χ2n) is 10.8. The fourth-order valence-electron chi connectivity index (χ4n) is 7.08. The zero-order valence-corrected chi connectivity index (χ0v) is 21.8. The van der Waals surface area contributed by atoms with Gasteiger partial charge in [0.25, 0.3) is 0 Å². The van der Waals surface area contributed by atoms with Crippen molar-refractivity contribution >= 4 is 17.7 Å². The van der Waals surface area contributed by atoms with E-state index in [1.54, 1.807) is 12.1 Å². The number of halogens is 1. The van der Waals surface area contributed by atoms with Gasteiger partial charge in [0, 0.05) is 11.0 Å². The molecule has 1 saturated carbocycles. The molecule has 0 aliphatic heterocycles. The van der Waals surface area contributed by atoms with Crippen LogP contribution >= 0.6 is 0 Å². The van der Waals surface area contributed by atoms with Crippen LogP contribution in [0.5, 0.6) is 0 Å². The van der Waals surface area contributed by atoms with Crippen molar-refractivity contribution in [3.8, 4) is 5.69 Å². The first-order valence-corrected chi connectivity index (χ1v) is 13.5. The quantitative estimate of drug-likeness (QED) is 0.258. The highest BCUT2D eigenvalue weighted by molar-refractivity contribution is 5.84. The van der Waals surface area contributed by atoms with Gasteiger partial charge in [0.1, 0.15) is 5.82 Å². The Balaban J connectivity index is 1.65. The summed E-state index contributed by atoms with van der Waals surface area (Å²) in [6, 6.07) is 6.55. The van der Waals surface area contributed by atoms with E-state index in [1.807, 2.05) is 4.68 Å². The molecule has 1 N–H and O–H groups in total. The minimum Gasteiger partial charge on any atom is -0.449 e. The number of fused-ring (bicyclic) bond motifs is 4. The summed E-state index contributed by atoms with van der Waals surface area (Å²) >= 11 is 0. The molecule has 0 bridgehead atoms. The summed E-state index contributed by atoms with van der Waals surface area (Å²) in [6.07, 6.45) is 8.29. The van der Waals surface area contributed by atoms with Crippen LogP contribution in [0.15, 0.2) is 41.5 Å². The van der Waals surface area contributed by atoms with Crippen molar-refractivity contribution in [2.45, 2.75) is 78.6 Å². The second-order valence-corrected chi connectivity index (χ2v) is 10.8. The minimum atomic E-state index is -1.53. The lowest BCUT2D eigenvalue weighted by atomic mass is 9.54.